The Balaban J connectivity index is 2.03. The molecule has 3 nitrogen and oxygen atoms in total. The van der Waals surface area contributed by atoms with E-state index in [1.165, 1.54) is 43.4 Å². The maximum absolute atomic E-state index is 6.23. The summed E-state index contributed by atoms with van der Waals surface area (Å²) in [6.45, 7) is 5.35. The van der Waals surface area contributed by atoms with Gasteiger partial charge in [0.15, 0.2) is 0 Å². The SMILES string of the molecule is Cc1c(C)n(CC2CCCCC2)c2ncnc(Cl)c12. The molecular weight excluding hydrogens is 258 g/mol. The van der Waals surface area contributed by atoms with Crippen molar-refractivity contribution in [3.63, 3.8) is 0 Å². The molecule has 1 aliphatic rings. The van der Waals surface area contributed by atoms with Crippen LogP contribution >= 0.6 is 11.6 Å². The Morgan fingerprint density at radius 1 is 1.21 bits per heavy atom. The summed E-state index contributed by atoms with van der Waals surface area (Å²) < 4.78 is 2.34. The number of aryl methyl sites for hydroxylation is 1. The van der Waals surface area contributed by atoms with Crippen molar-refractivity contribution in [2.75, 3.05) is 0 Å². The number of nitrogens with zero attached hydrogens (tertiary/aromatic N) is 3. The van der Waals surface area contributed by atoms with Crippen LogP contribution in [-0.2, 0) is 6.54 Å². The highest BCUT2D eigenvalue weighted by Gasteiger charge is 2.19. The largest absolute Gasteiger partial charge is 0.329 e. The number of fused-ring (bicyclic) bond motifs is 1. The molecule has 0 aliphatic heterocycles. The fraction of sp³-hybridized carbons (Fsp3) is 0.600. The third-order valence-corrected chi connectivity index (χ3v) is 4.81. The average Bonchev–Trinajstić information content (AvgIpc) is 2.66. The third kappa shape index (κ3) is 2.25. The summed E-state index contributed by atoms with van der Waals surface area (Å²) in [7, 11) is 0. The molecule has 0 spiro atoms. The van der Waals surface area contributed by atoms with Crippen LogP contribution in [-0.4, -0.2) is 14.5 Å². The molecule has 1 fully saturated rings. The highest BCUT2D eigenvalue weighted by molar-refractivity contribution is 6.34. The molecule has 0 radical (unpaired) electrons. The fourth-order valence-corrected chi connectivity index (χ4v) is 3.55. The van der Waals surface area contributed by atoms with E-state index >= 15 is 0 Å². The zero-order valence-electron chi connectivity index (χ0n) is 11.6. The average molecular weight is 278 g/mol. The number of aromatic nitrogens is 3. The first-order valence-corrected chi connectivity index (χ1v) is 7.52. The summed E-state index contributed by atoms with van der Waals surface area (Å²) in [6, 6.07) is 0. The molecule has 0 atom stereocenters. The quantitative estimate of drug-likeness (QED) is 0.767. The Hall–Kier alpha value is -1.09. The zero-order valence-corrected chi connectivity index (χ0v) is 12.4. The van der Waals surface area contributed by atoms with Gasteiger partial charge in [0.2, 0.25) is 0 Å². The number of hydrogen-bond donors (Lipinski definition) is 0. The minimum Gasteiger partial charge on any atom is -0.329 e. The number of hydrogen-bond acceptors (Lipinski definition) is 2. The van der Waals surface area contributed by atoms with Crippen molar-refractivity contribution in [3.05, 3.63) is 22.7 Å². The van der Waals surface area contributed by atoms with Crippen LogP contribution in [0.4, 0.5) is 0 Å². The molecule has 2 aromatic heterocycles. The lowest BCUT2D eigenvalue weighted by atomic mass is 9.89. The summed E-state index contributed by atoms with van der Waals surface area (Å²) in [5, 5.41) is 1.60. The molecule has 0 unspecified atom stereocenters. The predicted octanol–water partition coefficient (Wildman–Crippen LogP) is 4.28. The van der Waals surface area contributed by atoms with Gasteiger partial charge in [0, 0.05) is 12.2 Å². The summed E-state index contributed by atoms with van der Waals surface area (Å²) >= 11 is 6.23. The lowest BCUT2D eigenvalue weighted by Crippen LogP contribution is -2.15. The second-order valence-electron chi connectivity index (χ2n) is 5.69. The predicted molar refractivity (Wildman–Crippen MR) is 78.6 cm³/mol. The third-order valence-electron chi connectivity index (χ3n) is 4.52. The second-order valence-corrected chi connectivity index (χ2v) is 6.05. The van der Waals surface area contributed by atoms with Gasteiger partial charge in [-0.1, -0.05) is 30.9 Å². The molecular formula is C15H20ClN3. The second kappa shape index (κ2) is 5.12. The van der Waals surface area contributed by atoms with Crippen molar-refractivity contribution in [2.45, 2.75) is 52.5 Å². The summed E-state index contributed by atoms with van der Waals surface area (Å²) in [4.78, 5) is 8.57. The summed E-state index contributed by atoms with van der Waals surface area (Å²) in [5.74, 6) is 0.788. The van der Waals surface area contributed by atoms with Crippen LogP contribution in [0.2, 0.25) is 5.15 Å². The number of halogens is 1. The van der Waals surface area contributed by atoms with E-state index in [2.05, 4.69) is 28.4 Å². The van der Waals surface area contributed by atoms with Crippen LogP contribution < -0.4 is 0 Å². The first-order chi connectivity index (χ1) is 9.18. The minimum atomic E-state index is 0.577. The van der Waals surface area contributed by atoms with Gasteiger partial charge < -0.3 is 4.57 Å². The molecule has 1 aliphatic carbocycles. The molecule has 0 bridgehead atoms. The van der Waals surface area contributed by atoms with Gasteiger partial charge in [0.05, 0.1) is 5.39 Å². The Morgan fingerprint density at radius 3 is 2.68 bits per heavy atom. The van der Waals surface area contributed by atoms with Gasteiger partial charge in [-0.2, -0.15) is 0 Å². The van der Waals surface area contributed by atoms with Gasteiger partial charge in [-0.15, -0.1) is 0 Å². The van der Waals surface area contributed by atoms with Crippen LogP contribution in [0.15, 0.2) is 6.33 Å². The summed E-state index contributed by atoms with van der Waals surface area (Å²) in [6.07, 6.45) is 8.40. The Morgan fingerprint density at radius 2 is 1.95 bits per heavy atom. The lowest BCUT2D eigenvalue weighted by Gasteiger charge is -2.23. The molecule has 0 saturated heterocycles. The van der Waals surface area contributed by atoms with Crippen molar-refractivity contribution in [1.82, 2.24) is 14.5 Å². The molecule has 4 heteroatoms. The lowest BCUT2D eigenvalue weighted by molar-refractivity contribution is 0.320. The van der Waals surface area contributed by atoms with Gasteiger partial charge in [-0.3, -0.25) is 0 Å². The van der Waals surface area contributed by atoms with Gasteiger partial charge >= 0.3 is 0 Å². The Kier molecular flexibility index (Phi) is 3.48. The molecule has 0 aromatic carbocycles. The molecule has 102 valence electrons. The molecule has 1 saturated carbocycles. The maximum atomic E-state index is 6.23. The molecule has 2 aromatic rings. The summed E-state index contributed by atoms with van der Waals surface area (Å²) in [5.41, 5.74) is 3.50. The molecule has 2 heterocycles. The van der Waals surface area contributed by atoms with Crippen LogP contribution in [0.1, 0.15) is 43.4 Å². The molecule has 0 N–H and O–H groups in total. The Bertz CT molecular complexity index is 597. The van der Waals surface area contributed by atoms with Crippen LogP contribution in [0.3, 0.4) is 0 Å². The van der Waals surface area contributed by atoms with Gasteiger partial charge in [-0.25, -0.2) is 9.97 Å². The van der Waals surface area contributed by atoms with E-state index in [4.69, 9.17) is 11.6 Å². The number of rotatable bonds is 2. The van der Waals surface area contributed by atoms with Crippen LogP contribution in [0, 0.1) is 19.8 Å². The monoisotopic (exact) mass is 277 g/mol. The van der Waals surface area contributed by atoms with Crippen molar-refractivity contribution < 1.29 is 0 Å². The van der Waals surface area contributed by atoms with Gasteiger partial charge in [0.25, 0.3) is 0 Å². The normalized spacial score (nSPS) is 17.2. The van der Waals surface area contributed by atoms with Crippen molar-refractivity contribution in [1.29, 1.82) is 0 Å². The van der Waals surface area contributed by atoms with Crippen LogP contribution in [0.5, 0.6) is 0 Å². The van der Waals surface area contributed by atoms with E-state index in [1.807, 2.05) is 0 Å². The Labute approximate surface area is 119 Å². The van der Waals surface area contributed by atoms with Crippen molar-refractivity contribution >= 4 is 22.6 Å². The van der Waals surface area contributed by atoms with E-state index in [0.29, 0.717) is 5.15 Å². The van der Waals surface area contributed by atoms with Crippen molar-refractivity contribution in [3.8, 4) is 0 Å². The van der Waals surface area contributed by atoms with E-state index < -0.39 is 0 Å². The smallest absolute Gasteiger partial charge is 0.145 e. The van der Waals surface area contributed by atoms with E-state index in [1.54, 1.807) is 6.33 Å². The first kappa shape index (κ1) is 12.9. The fourth-order valence-electron chi connectivity index (χ4n) is 3.28. The highest BCUT2D eigenvalue weighted by atomic mass is 35.5. The molecule has 0 amide bonds. The minimum absolute atomic E-state index is 0.577. The molecule has 19 heavy (non-hydrogen) atoms. The standard InChI is InChI=1S/C15H20ClN3/c1-10-11(2)19(8-12-6-4-3-5-7-12)15-13(10)14(16)17-9-18-15/h9,12H,3-8H2,1-2H3. The highest BCUT2D eigenvalue weighted by Crippen LogP contribution is 2.31. The maximum Gasteiger partial charge on any atom is 0.145 e. The van der Waals surface area contributed by atoms with Gasteiger partial charge in [-0.05, 0) is 38.2 Å². The van der Waals surface area contributed by atoms with Gasteiger partial charge in [0.1, 0.15) is 17.1 Å². The van der Waals surface area contributed by atoms with Crippen molar-refractivity contribution in [2.24, 2.45) is 5.92 Å². The van der Waals surface area contributed by atoms with Crippen LogP contribution in [0.25, 0.3) is 11.0 Å². The zero-order chi connectivity index (χ0) is 13.4. The van der Waals surface area contributed by atoms with E-state index in [0.717, 1.165) is 23.5 Å². The topological polar surface area (TPSA) is 30.7 Å². The van der Waals surface area contributed by atoms with E-state index in [9.17, 15) is 0 Å². The van der Waals surface area contributed by atoms with E-state index in [-0.39, 0.29) is 0 Å². The molecule has 3 rings (SSSR count). The first-order valence-electron chi connectivity index (χ1n) is 7.14.